The molecule has 0 radical (unpaired) electrons. The molecule has 0 aromatic heterocycles. The summed E-state index contributed by atoms with van der Waals surface area (Å²) in [5.41, 5.74) is 0.342. The summed E-state index contributed by atoms with van der Waals surface area (Å²) in [6, 6.07) is -0.0959. The van der Waals surface area contributed by atoms with Crippen LogP contribution in [0.4, 0.5) is 0 Å². The molecule has 0 aromatic rings. The molecule has 0 bridgehead atoms. The number of hydrogen-bond donors (Lipinski definition) is 2. The van der Waals surface area contributed by atoms with Crippen LogP contribution in [-0.4, -0.2) is 50.6 Å². The van der Waals surface area contributed by atoms with Gasteiger partial charge in [-0.3, -0.25) is 4.79 Å². The van der Waals surface area contributed by atoms with Gasteiger partial charge in [-0.25, -0.2) is 0 Å². The van der Waals surface area contributed by atoms with Gasteiger partial charge in [0, 0.05) is 13.6 Å². The second-order valence-corrected chi connectivity index (χ2v) is 5.33. The van der Waals surface area contributed by atoms with Gasteiger partial charge in [-0.05, 0) is 45.3 Å². The van der Waals surface area contributed by atoms with Gasteiger partial charge in [-0.15, -0.1) is 0 Å². The largest absolute Gasteiger partial charge is 0.358 e. The Hall–Kier alpha value is -0.610. The summed E-state index contributed by atoms with van der Waals surface area (Å²) < 4.78 is 0. The van der Waals surface area contributed by atoms with Crippen molar-refractivity contribution in [2.24, 2.45) is 5.41 Å². The molecule has 4 heteroatoms. The summed E-state index contributed by atoms with van der Waals surface area (Å²) in [6.07, 6.45) is 2.41. The lowest BCUT2D eigenvalue weighted by Crippen LogP contribution is -2.47. The Morgan fingerprint density at radius 1 is 1.44 bits per heavy atom. The van der Waals surface area contributed by atoms with Crippen molar-refractivity contribution in [3.63, 3.8) is 0 Å². The average Bonchev–Trinajstić information content (AvgIpc) is 2.29. The number of piperidine rings is 1. The quantitative estimate of drug-likeness (QED) is 0.732. The predicted octanol–water partition coefficient (Wildman–Crippen LogP) is 0.442. The second kappa shape index (κ2) is 5.64. The van der Waals surface area contributed by atoms with Crippen LogP contribution in [-0.2, 0) is 4.79 Å². The van der Waals surface area contributed by atoms with Crippen molar-refractivity contribution in [3.8, 4) is 0 Å². The Balaban J connectivity index is 2.34. The minimum absolute atomic E-state index is 0.0662. The van der Waals surface area contributed by atoms with Crippen LogP contribution in [0.2, 0.25) is 0 Å². The SMILES string of the molecule is CNC(=O)C(C)NCC1(C)CCN(C)CC1. The number of likely N-dealkylation sites (tertiary alicyclic amines) is 1. The average molecular weight is 227 g/mol. The molecule has 0 aliphatic carbocycles. The number of nitrogens with zero attached hydrogens (tertiary/aromatic N) is 1. The first-order chi connectivity index (χ1) is 7.47. The van der Waals surface area contributed by atoms with Crippen LogP contribution in [0.5, 0.6) is 0 Å². The molecule has 4 nitrogen and oxygen atoms in total. The minimum atomic E-state index is -0.0959. The summed E-state index contributed by atoms with van der Waals surface area (Å²) in [7, 11) is 3.85. The monoisotopic (exact) mass is 227 g/mol. The van der Waals surface area contributed by atoms with E-state index in [2.05, 4.69) is 29.5 Å². The van der Waals surface area contributed by atoms with Gasteiger partial charge in [0.25, 0.3) is 0 Å². The van der Waals surface area contributed by atoms with E-state index < -0.39 is 0 Å². The smallest absolute Gasteiger partial charge is 0.236 e. The summed E-state index contributed by atoms with van der Waals surface area (Å²) in [5, 5.41) is 5.99. The van der Waals surface area contributed by atoms with Gasteiger partial charge in [-0.2, -0.15) is 0 Å². The van der Waals surface area contributed by atoms with Crippen molar-refractivity contribution in [1.82, 2.24) is 15.5 Å². The van der Waals surface area contributed by atoms with Gasteiger partial charge in [0.05, 0.1) is 6.04 Å². The van der Waals surface area contributed by atoms with Crippen molar-refractivity contribution >= 4 is 5.91 Å². The zero-order chi connectivity index (χ0) is 12.2. The van der Waals surface area contributed by atoms with Crippen LogP contribution in [0, 0.1) is 5.41 Å². The molecule has 0 spiro atoms. The summed E-state index contributed by atoms with van der Waals surface area (Å²) >= 11 is 0. The van der Waals surface area contributed by atoms with Crippen LogP contribution in [0.15, 0.2) is 0 Å². The maximum Gasteiger partial charge on any atom is 0.236 e. The lowest BCUT2D eigenvalue weighted by molar-refractivity contribution is -0.122. The highest BCUT2D eigenvalue weighted by atomic mass is 16.2. The highest BCUT2D eigenvalue weighted by Crippen LogP contribution is 2.29. The van der Waals surface area contributed by atoms with Crippen LogP contribution >= 0.6 is 0 Å². The highest BCUT2D eigenvalue weighted by molar-refractivity contribution is 5.80. The zero-order valence-electron chi connectivity index (χ0n) is 11.0. The lowest BCUT2D eigenvalue weighted by Gasteiger charge is -2.38. The van der Waals surface area contributed by atoms with Crippen molar-refractivity contribution in [2.75, 3.05) is 33.7 Å². The third kappa shape index (κ3) is 3.76. The van der Waals surface area contributed by atoms with Crippen molar-refractivity contribution in [3.05, 3.63) is 0 Å². The second-order valence-electron chi connectivity index (χ2n) is 5.33. The third-order valence-electron chi connectivity index (χ3n) is 3.67. The van der Waals surface area contributed by atoms with Gasteiger partial charge >= 0.3 is 0 Å². The molecule has 0 saturated carbocycles. The Bertz CT molecular complexity index is 234. The number of amides is 1. The number of hydrogen-bond acceptors (Lipinski definition) is 3. The van der Waals surface area contributed by atoms with E-state index in [0.29, 0.717) is 5.41 Å². The molecular weight excluding hydrogens is 202 g/mol. The van der Waals surface area contributed by atoms with Crippen molar-refractivity contribution < 1.29 is 4.79 Å². The van der Waals surface area contributed by atoms with E-state index in [-0.39, 0.29) is 11.9 Å². The maximum atomic E-state index is 11.4. The fraction of sp³-hybridized carbons (Fsp3) is 0.917. The first-order valence-corrected chi connectivity index (χ1v) is 6.10. The maximum absolute atomic E-state index is 11.4. The van der Waals surface area contributed by atoms with Gasteiger partial charge in [0.1, 0.15) is 0 Å². The molecule has 1 atom stereocenters. The molecule has 16 heavy (non-hydrogen) atoms. The van der Waals surface area contributed by atoms with E-state index in [4.69, 9.17) is 0 Å². The Kier molecular flexibility index (Phi) is 4.74. The topological polar surface area (TPSA) is 44.4 Å². The first kappa shape index (κ1) is 13.5. The van der Waals surface area contributed by atoms with E-state index >= 15 is 0 Å². The molecule has 1 rings (SSSR count). The molecule has 1 heterocycles. The number of carbonyl (C=O) groups excluding carboxylic acids is 1. The van der Waals surface area contributed by atoms with E-state index in [1.807, 2.05) is 6.92 Å². The lowest BCUT2D eigenvalue weighted by atomic mass is 9.80. The van der Waals surface area contributed by atoms with Crippen LogP contribution in [0.3, 0.4) is 0 Å². The fourth-order valence-electron chi connectivity index (χ4n) is 2.04. The van der Waals surface area contributed by atoms with Crippen molar-refractivity contribution in [1.29, 1.82) is 0 Å². The highest BCUT2D eigenvalue weighted by Gasteiger charge is 2.29. The summed E-state index contributed by atoms with van der Waals surface area (Å²) in [6.45, 7) is 7.47. The van der Waals surface area contributed by atoms with E-state index in [0.717, 1.165) is 19.6 Å². The molecule has 1 amide bonds. The summed E-state index contributed by atoms with van der Waals surface area (Å²) in [5.74, 6) is 0.0662. The third-order valence-corrected chi connectivity index (χ3v) is 3.67. The van der Waals surface area contributed by atoms with E-state index in [1.54, 1.807) is 7.05 Å². The van der Waals surface area contributed by atoms with E-state index in [1.165, 1.54) is 12.8 Å². The standard InChI is InChI=1S/C12H25N3O/c1-10(11(16)13-3)14-9-12(2)5-7-15(4)8-6-12/h10,14H,5-9H2,1-4H3,(H,13,16). The van der Waals surface area contributed by atoms with Gasteiger partial charge in [0.2, 0.25) is 5.91 Å². The Labute approximate surface area is 98.8 Å². The molecule has 1 unspecified atom stereocenters. The minimum Gasteiger partial charge on any atom is -0.358 e. The molecule has 0 aromatic carbocycles. The molecule has 1 aliphatic heterocycles. The Morgan fingerprint density at radius 2 is 2.00 bits per heavy atom. The van der Waals surface area contributed by atoms with Gasteiger partial charge in [0.15, 0.2) is 0 Å². The normalized spacial score (nSPS) is 22.8. The first-order valence-electron chi connectivity index (χ1n) is 6.10. The zero-order valence-corrected chi connectivity index (χ0v) is 11.0. The van der Waals surface area contributed by atoms with Crippen LogP contribution < -0.4 is 10.6 Å². The van der Waals surface area contributed by atoms with Crippen LogP contribution in [0.1, 0.15) is 26.7 Å². The molecule has 1 saturated heterocycles. The van der Waals surface area contributed by atoms with Gasteiger partial charge < -0.3 is 15.5 Å². The molecule has 1 fully saturated rings. The molecule has 2 N–H and O–H groups in total. The Morgan fingerprint density at radius 3 is 2.50 bits per heavy atom. The number of rotatable bonds is 4. The summed E-state index contributed by atoms with van der Waals surface area (Å²) in [4.78, 5) is 13.7. The molecule has 1 aliphatic rings. The van der Waals surface area contributed by atoms with Crippen molar-refractivity contribution in [2.45, 2.75) is 32.7 Å². The molecular formula is C12H25N3O. The van der Waals surface area contributed by atoms with Gasteiger partial charge in [-0.1, -0.05) is 6.92 Å². The number of carbonyl (C=O) groups is 1. The van der Waals surface area contributed by atoms with Crippen LogP contribution in [0.25, 0.3) is 0 Å². The fourth-order valence-corrected chi connectivity index (χ4v) is 2.04. The molecule has 94 valence electrons. The number of likely N-dealkylation sites (N-methyl/N-ethyl adjacent to an activating group) is 1. The predicted molar refractivity (Wildman–Crippen MR) is 66.4 cm³/mol. The number of nitrogens with one attached hydrogen (secondary N) is 2. The van der Waals surface area contributed by atoms with E-state index in [9.17, 15) is 4.79 Å².